The van der Waals surface area contributed by atoms with Crippen molar-refractivity contribution in [2.75, 3.05) is 6.61 Å². The van der Waals surface area contributed by atoms with Crippen molar-refractivity contribution in [1.29, 1.82) is 0 Å². The Morgan fingerprint density at radius 1 is 1.71 bits per heavy atom. The van der Waals surface area contributed by atoms with Crippen LogP contribution in [-0.4, -0.2) is 40.9 Å². The maximum Gasteiger partial charge on any atom is 0.355 e. The van der Waals surface area contributed by atoms with E-state index in [2.05, 4.69) is 10.1 Å². The van der Waals surface area contributed by atoms with Gasteiger partial charge in [0.25, 0.3) is 0 Å². The number of rotatable bonds is 2. The smallest absolute Gasteiger partial charge is 0.355 e. The van der Waals surface area contributed by atoms with Gasteiger partial charge in [-0.2, -0.15) is 0 Å². The predicted octanol–water partition coefficient (Wildman–Crippen LogP) is -1.72. The molecular weight excluding hydrogens is 190 g/mol. The van der Waals surface area contributed by atoms with E-state index in [1.54, 1.807) is 0 Å². The maximum absolute atomic E-state index is 11.1. The lowest BCUT2D eigenvalue weighted by molar-refractivity contribution is -0.155. The molecule has 6 heteroatoms. The number of esters is 1. The maximum atomic E-state index is 11.1. The minimum atomic E-state index is -1.10. The number of amides is 1. The van der Waals surface area contributed by atoms with Gasteiger partial charge in [-0.05, 0) is 6.08 Å². The van der Waals surface area contributed by atoms with Crippen molar-refractivity contribution in [3.05, 3.63) is 11.8 Å². The number of nitrogens with one attached hydrogen (secondary N) is 1. The summed E-state index contributed by atoms with van der Waals surface area (Å²) < 4.78 is 4.64. The Kier molecular flexibility index (Phi) is 3.21. The van der Waals surface area contributed by atoms with Gasteiger partial charge < -0.3 is 20.3 Å². The molecule has 78 valence electrons. The third kappa shape index (κ3) is 2.30. The normalized spacial score (nSPS) is 26.5. The van der Waals surface area contributed by atoms with Gasteiger partial charge in [-0.25, -0.2) is 4.79 Å². The largest absolute Gasteiger partial charge is 0.452 e. The van der Waals surface area contributed by atoms with Crippen LogP contribution in [0.2, 0.25) is 0 Å². The highest BCUT2D eigenvalue weighted by Crippen LogP contribution is 2.12. The van der Waals surface area contributed by atoms with Gasteiger partial charge in [0.1, 0.15) is 11.8 Å². The van der Waals surface area contributed by atoms with Crippen molar-refractivity contribution >= 4 is 11.9 Å². The van der Waals surface area contributed by atoms with Gasteiger partial charge in [0.15, 0.2) is 6.10 Å². The Bertz CT molecular complexity index is 285. The number of carbonyl (C=O) groups is 2. The second kappa shape index (κ2) is 4.21. The van der Waals surface area contributed by atoms with Crippen molar-refractivity contribution < 1.29 is 24.5 Å². The van der Waals surface area contributed by atoms with E-state index < -0.39 is 30.7 Å². The molecule has 1 aliphatic rings. The Morgan fingerprint density at radius 3 is 2.86 bits per heavy atom. The molecule has 1 aliphatic heterocycles. The number of aliphatic hydroxyl groups is 2. The van der Waals surface area contributed by atoms with Crippen molar-refractivity contribution in [2.45, 2.75) is 19.1 Å². The fourth-order valence-electron chi connectivity index (χ4n) is 1.04. The van der Waals surface area contributed by atoms with E-state index in [-0.39, 0.29) is 5.70 Å². The lowest BCUT2D eigenvalue weighted by Crippen LogP contribution is -2.41. The Balaban J connectivity index is 2.77. The van der Waals surface area contributed by atoms with Gasteiger partial charge >= 0.3 is 5.97 Å². The summed E-state index contributed by atoms with van der Waals surface area (Å²) in [6.07, 6.45) is -0.909. The van der Waals surface area contributed by atoms with Gasteiger partial charge in [0, 0.05) is 6.92 Å². The average molecular weight is 201 g/mol. The van der Waals surface area contributed by atoms with Gasteiger partial charge in [-0.1, -0.05) is 0 Å². The standard InChI is InChI=1S/C8H11NO5/c1-4(11)9-5-2-6(12)7(3-10)14-8(5)13/h2,6-7,10,12H,3H2,1H3,(H,9,11)/t6-,7-/m1/s1. The molecule has 0 spiro atoms. The minimum Gasteiger partial charge on any atom is -0.452 e. The Labute approximate surface area is 80.2 Å². The van der Waals surface area contributed by atoms with Gasteiger partial charge in [0.05, 0.1) is 6.61 Å². The molecule has 0 aromatic carbocycles. The molecule has 0 aliphatic carbocycles. The third-order valence-electron chi connectivity index (χ3n) is 1.69. The number of ether oxygens (including phenoxy) is 1. The molecule has 0 bridgehead atoms. The van der Waals surface area contributed by atoms with Crippen LogP contribution in [0.3, 0.4) is 0 Å². The summed E-state index contributed by atoms with van der Waals surface area (Å²) in [4.78, 5) is 21.7. The van der Waals surface area contributed by atoms with Crippen LogP contribution in [-0.2, 0) is 14.3 Å². The molecule has 0 unspecified atom stereocenters. The van der Waals surface area contributed by atoms with Crippen molar-refractivity contribution in [3.8, 4) is 0 Å². The number of aliphatic hydroxyl groups excluding tert-OH is 2. The SMILES string of the molecule is CC(=O)NC1=C[C@@H](O)[C@@H](CO)OC1=O. The Morgan fingerprint density at radius 2 is 2.36 bits per heavy atom. The topological polar surface area (TPSA) is 95.9 Å². The molecule has 2 atom stereocenters. The molecule has 0 aromatic rings. The number of cyclic esters (lactones) is 1. The van der Waals surface area contributed by atoms with Crippen LogP contribution >= 0.6 is 0 Å². The fraction of sp³-hybridized carbons (Fsp3) is 0.500. The second-order valence-electron chi connectivity index (χ2n) is 2.88. The van der Waals surface area contributed by atoms with E-state index in [4.69, 9.17) is 5.11 Å². The summed E-state index contributed by atoms with van der Waals surface area (Å²) in [5.41, 5.74) is -0.102. The second-order valence-corrected chi connectivity index (χ2v) is 2.88. The molecule has 3 N–H and O–H groups in total. The monoisotopic (exact) mass is 201 g/mol. The van der Waals surface area contributed by atoms with Crippen LogP contribution in [0.5, 0.6) is 0 Å². The fourth-order valence-corrected chi connectivity index (χ4v) is 1.04. The van der Waals surface area contributed by atoms with Crippen molar-refractivity contribution in [2.24, 2.45) is 0 Å². The molecule has 14 heavy (non-hydrogen) atoms. The van der Waals surface area contributed by atoms with Gasteiger partial charge in [-0.15, -0.1) is 0 Å². The highest BCUT2D eigenvalue weighted by atomic mass is 16.6. The summed E-state index contributed by atoms with van der Waals surface area (Å²) >= 11 is 0. The Hall–Kier alpha value is -1.40. The average Bonchev–Trinajstić information content (AvgIpc) is 2.10. The van der Waals surface area contributed by atoms with E-state index in [1.807, 2.05) is 0 Å². The quantitative estimate of drug-likeness (QED) is 0.462. The first-order chi connectivity index (χ1) is 6.54. The van der Waals surface area contributed by atoms with Crippen LogP contribution in [0, 0.1) is 0 Å². The van der Waals surface area contributed by atoms with Crippen molar-refractivity contribution in [3.63, 3.8) is 0 Å². The molecule has 0 radical (unpaired) electrons. The van der Waals surface area contributed by atoms with E-state index in [0.717, 1.165) is 6.08 Å². The zero-order valence-electron chi connectivity index (χ0n) is 7.56. The summed E-state index contributed by atoms with van der Waals surface area (Å²) in [5, 5.41) is 20.2. The summed E-state index contributed by atoms with van der Waals surface area (Å²) in [5.74, 6) is -1.19. The van der Waals surface area contributed by atoms with Gasteiger partial charge in [-0.3, -0.25) is 4.79 Å². The third-order valence-corrected chi connectivity index (χ3v) is 1.69. The highest BCUT2D eigenvalue weighted by molar-refractivity contribution is 5.94. The summed E-state index contributed by atoms with van der Waals surface area (Å²) in [6, 6.07) is 0. The van der Waals surface area contributed by atoms with Crippen molar-refractivity contribution in [1.82, 2.24) is 5.32 Å². The molecule has 0 saturated heterocycles. The summed E-state index contributed by atoms with van der Waals surface area (Å²) in [7, 11) is 0. The lowest BCUT2D eigenvalue weighted by Gasteiger charge is -2.24. The van der Waals surface area contributed by atoms with Crippen LogP contribution in [0.1, 0.15) is 6.92 Å². The number of hydrogen-bond donors (Lipinski definition) is 3. The van der Waals surface area contributed by atoms with E-state index >= 15 is 0 Å². The molecule has 1 amide bonds. The zero-order valence-corrected chi connectivity index (χ0v) is 7.56. The lowest BCUT2D eigenvalue weighted by atomic mass is 10.1. The molecule has 0 fully saturated rings. The first kappa shape index (κ1) is 10.7. The first-order valence-electron chi connectivity index (χ1n) is 4.04. The zero-order chi connectivity index (χ0) is 10.7. The van der Waals surface area contributed by atoms with Gasteiger partial charge in [0.2, 0.25) is 5.91 Å². The molecule has 1 heterocycles. The number of carbonyl (C=O) groups excluding carboxylic acids is 2. The molecule has 6 nitrogen and oxygen atoms in total. The van der Waals surface area contributed by atoms with E-state index in [1.165, 1.54) is 6.92 Å². The summed E-state index contributed by atoms with van der Waals surface area (Å²) in [6.45, 7) is 0.773. The highest BCUT2D eigenvalue weighted by Gasteiger charge is 2.29. The van der Waals surface area contributed by atoms with E-state index in [9.17, 15) is 14.7 Å². The predicted molar refractivity (Wildman–Crippen MR) is 44.9 cm³/mol. The van der Waals surface area contributed by atoms with Crippen LogP contribution in [0.4, 0.5) is 0 Å². The minimum absolute atomic E-state index is 0.102. The molecule has 1 rings (SSSR count). The van der Waals surface area contributed by atoms with E-state index in [0.29, 0.717) is 0 Å². The number of hydrogen-bond acceptors (Lipinski definition) is 5. The molecule has 0 aromatic heterocycles. The van der Waals surface area contributed by atoms with Crippen LogP contribution in [0.15, 0.2) is 11.8 Å². The molecule has 0 saturated carbocycles. The molecular formula is C8H11NO5. The van der Waals surface area contributed by atoms with Crippen LogP contribution in [0.25, 0.3) is 0 Å². The van der Waals surface area contributed by atoms with Crippen LogP contribution < -0.4 is 5.32 Å². The first-order valence-corrected chi connectivity index (χ1v) is 4.04.